The Morgan fingerprint density at radius 3 is 2.73 bits per heavy atom. The number of thiazole rings is 1. The largest absolute Gasteiger partial charge is 0.344 e. The van der Waals surface area contributed by atoms with Gasteiger partial charge in [-0.2, -0.15) is 5.10 Å². The van der Waals surface area contributed by atoms with E-state index in [1.807, 2.05) is 41.3 Å². The molecule has 0 saturated carbocycles. The molecule has 1 aliphatic heterocycles. The Morgan fingerprint density at radius 1 is 1.10 bits per heavy atom. The summed E-state index contributed by atoms with van der Waals surface area (Å²) in [6.07, 6.45) is 5.20. The van der Waals surface area contributed by atoms with Crippen molar-refractivity contribution in [1.82, 2.24) is 24.6 Å². The van der Waals surface area contributed by atoms with Crippen molar-refractivity contribution >= 4 is 44.3 Å². The summed E-state index contributed by atoms with van der Waals surface area (Å²) in [7, 11) is 0. The number of hydrogen-bond acceptors (Lipinski definition) is 6. The molecule has 0 spiro atoms. The molecule has 0 N–H and O–H groups in total. The zero-order valence-electron chi connectivity index (χ0n) is 16.1. The first-order valence-electron chi connectivity index (χ1n) is 9.69. The number of carbonyl (C=O) groups excluding carboxylic acids is 1. The zero-order chi connectivity index (χ0) is 20.5. The molecular weight excluding hydrogens is 420 g/mol. The van der Waals surface area contributed by atoms with Gasteiger partial charge < -0.3 is 9.80 Å². The van der Waals surface area contributed by atoms with Gasteiger partial charge in [0.2, 0.25) is 0 Å². The fourth-order valence-electron chi connectivity index (χ4n) is 3.54. The molecule has 1 aliphatic rings. The lowest BCUT2D eigenvalue weighted by atomic mass is 10.2. The number of hydrogen-bond donors (Lipinski definition) is 0. The van der Waals surface area contributed by atoms with E-state index in [-0.39, 0.29) is 5.91 Å². The van der Waals surface area contributed by atoms with Crippen LogP contribution in [0.5, 0.6) is 0 Å². The summed E-state index contributed by atoms with van der Waals surface area (Å²) < 4.78 is 1.75. The van der Waals surface area contributed by atoms with Gasteiger partial charge in [-0.05, 0) is 23.8 Å². The quantitative estimate of drug-likeness (QED) is 0.487. The predicted octanol–water partition coefficient (Wildman–Crippen LogP) is 3.55. The highest BCUT2D eigenvalue weighted by Crippen LogP contribution is 2.27. The first-order chi connectivity index (χ1) is 14.7. The van der Waals surface area contributed by atoms with E-state index < -0.39 is 0 Å². The number of piperazine rings is 1. The van der Waals surface area contributed by atoms with Gasteiger partial charge in [0, 0.05) is 43.6 Å². The molecule has 5 rings (SSSR count). The fraction of sp³-hybridized carbons (Fsp3) is 0.238. The molecule has 7 nitrogen and oxygen atoms in total. The molecule has 0 aliphatic carbocycles. The molecule has 3 aromatic heterocycles. The predicted molar refractivity (Wildman–Crippen MR) is 118 cm³/mol. The van der Waals surface area contributed by atoms with E-state index in [0.717, 1.165) is 34.1 Å². The van der Waals surface area contributed by atoms with E-state index in [4.69, 9.17) is 11.6 Å². The first kappa shape index (κ1) is 19.0. The normalized spacial score (nSPS) is 14.4. The van der Waals surface area contributed by atoms with E-state index in [9.17, 15) is 4.79 Å². The third kappa shape index (κ3) is 3.76. The summed E-state index contributed by atoms with van der Waals surface area (Å²) >= 11 is 7.82. The molecule has 4 aromatic rings. The van der Waals surface area contributed by atoms with E-state index in [1.165, 1.54) is 0 Å². The maximum Gasteiger partial charge on any atom is 0.257 e. The number of amides is 1. The van der Waals surface area contributed by atoms with Crippen molar-refractivity contribution in [2.45, 2.75) is 6.54 Å². The molecule has 1 aromatic carbocycles. The average Bonchev–Trinajstić information content (AvgIpc) is 3.42. The zero-order valence-corrected chi connectivity index (χ0v) is 17.7. The van der Waals surface area contributed by atoms with E-state index in [2.05, 4.69) is 20.0 Å². The molecule has 0 atom stereocenters. The van der Waals surface area contributed by atoms with Crippen LogP contribution in [0.4, 0.5) is 5.13 Å². The highest BCUT2D eigenvalue weighted by atomic mass is 35.5. The summed E-state index contributed by atoms with van der Waals surface area (Å²) in [5.41, 5.74) is 2.49. The number of halogens is 1. The van der Waals surface area contributed by atoms with E-state index in [1.54, 1.807) is 34.6 Å². The average molecular weight is 439 g/mol. The molecule has 0 unspecified atom stereocenters. The lowest BCUT2D eigenvalue weighted by Crippen LogP contribution is -2.48. The highest BCUT2D eigenvalue weighted by Gasteiger charge is 2.25. The van der Waals surface area contributed by atoms with Crippen LogP contribution in [0.3, 0.4) is 0 Å². The molecule has 4 heterocycles. The number of fused-ring (bicyclic) bond motifs is 1. The molecular formula is C21H19ClN6OS. The van der Waals surface area contributed by atoms with Gasteiger partial charge in [-0.1, -0.05) is 41.1 Å². The van der Waals surface area contributed by atoms with Gasteiger partial charge in [0.1, 0.15) is 10.3 Å². The fourth-order valence-corrected chi connectivity index (χ4v) is 4.69. The Hall–Kier alpha value is -2.97. The van der Waals surface area contributed by atoms with Crippen LogP contribution >= 0.6 is 22.9 Å². The van der Waals surface area contributed by atoms with Crippen LogP contribution in [0.15, 0.2) is 55.0 Å². The lowest BCUT2D eigenvalue weighted by molar-refractivity contribution is 0.0746. The minimum atomic E-state index is 0.00558. The summed E-state index contributed by atoms with van der Waals surface area (Å²) in [5.74, 6) is 0.00558. The molecule has 1 amide bonds. The van der Waals surface area contributed by atoms with Crippen molar-refractivity contribution in [2.24, 2.45) is 0 Å². The van der Waals surface area contributed by atoms with Crippen molar-refractivity contribution in [3.63, 3.8) is 0 Å². The molecule has 1 fully saturated rings. The summed E-state index contributed by atoms with van der Waals surface area (Å²) in [5, 5.41) is 6.00. The summed E-state index contributed by atoms with van der Waals surface area (Å²) in [6, 6.07) is 11.5. The molecule has 152 valence electrons. The molecule has 0 radical (unpaired) electrons. The van der Waals surface area contributed by atoms with Crippen molar-refractivity contribution < 1.29 is 4.79 Å². The number of pyridine rings is 1. The van der Waals surface area contributed by atoms with Crippen molar-refractivity contribution in [3.05, 3.63) is 71.1 Å². The standard InChI is InChI=1S/C21H19ClN6OS/c22-17-5-2-1-4-15(17)13-28-14-16(12-24-28)20(29)26-8-10-27(11-9-26)21-25-18-6-3-7-23-19(18)30-21/h1-7,12,14H,8-11,13H2. The SMILES string of the molecule is O=C(c1cnn(Cc2ccccc2Cl)c1)N1CCN(c2nc3cccnc3s2)CC1. The van der Waals surface area contributed by atoms with Gasteiger partial charge in [0.25, 0.3) is 5.91 Å². The van der Waals surface area contributed by atoms with Crippen LogP contribution < -0.4 is 4.90 Å². The second-order valence-electron chi connectivity index (χ2n) is 7.12. The first-order valence-corrected chi connectivity index (χ1v) is 10.9. The van der Waals surface area contributed by atoms with Gasteiger partial charge in [-0.15, -0.1) is 0 Å². The maximum absolute atomic E-state index is 12.9. The lowest BCUT2D eigenvalue weighted by Gasteiger charge is -2.34. The Morgan fingerprint density at radius 2 is 1.93 bits per heavy atom. The van der Waals surface area contributed by atoms with Gasteiger partial charge in [-0.3, -0.25) is 9.48 Å². The second kappa shape index (κ2) is 8.04. The van der Waals surface area contributed by atoms with Crippen LogP contribution in [0.2, 0.25) is 5.02 Å². The van der Waals surface area contributed by atoms with Gasteiger partial charge in [-0.25, -0.2) is 9.97 Å². The Balaban J connectivity index is 1.23. The second-order valence-corrected chi connectivity index (χ2v) is 8.48. The summed E-state index contributed by atoms with van der Waals surface area (Å²) in [4.78, 5) is 27.0. The molecule has 9 heteroatoms. The smallest absolute Gasteiger partial charge is 0.257 e. The van der Waals surface area contributed by atoms with Crippen molar-refractivity contribution in [1.29, 1.82) is 0 Å². The number of rotatable bonds is 4. The van der Waals surface area contributed by atoms with Gasteiger partial charge in [0.05, 0.1) is 18.3 Å². The highest BCUT2D eigenvalue weighted by molar-refractivity contribution is 7.21. The minimum absolute atomic E-state index is 0.00558. The van der Waals surface area contributed by atoms with Crippen LogP contribution in [-0.2, 0) is 6.54 Å². The van der Waals surface area contributed by atoms with Crippen LogP contribution in [0, 0.1) is 0 Å². The van der Waals surface area contributed by atoms with Crippen LogP contribution in [0.1, 0.15) is 15.9 Å². The van der Waals surface area contributed by atoms with Crippen molar-refractivity contribution in [3.8, 4) is 0 Å². The topological polar surface area (TPSA) is 67.2 Å². The Kier molecular flexibility index (Phi) is 5.10. The van der Waals surface area contributed by atoms with Crippen molar-refractivity contribution in [2.75, 3.05) is 31.1 Å². The number of carbonyl (C=O) groups is 1. The Bertz CT molecular complexity index is 1160. The summed E-state index contributed by atoms with van der Waals surface area (Å²) in [6.45, 7) is 3.33. The third-order valence-corrected chi connectivity index (χ3v) is 6.57. The molecule has 1 saturated heterocycles. The van der Waals surface area contributed by atoms with Crippen LogP contribution in [0.25, 0.3) is 10.3 Å². The molecule has 30 heavy (non-hydrogen) atoms. The van der Waals surface area contributed by atoms with Gasteiger partial charge in [0.15, 0.2) is 5.13 Å². The van der Waals surface area contributed by atoms with E-state index >= 15 is 0 Å². The number of aromatic nitrogens is 4. The maximum atomic E-state index is 12.9. The number of benzene rings is 1. The minimum Gasteiger partial charge on any atom is -0.344 e. The molecule has 0 bridgehead atoms. The van der Waals surface area contributed by atoms with E-state index in [0.29, 0.717) is 30.2 Å². The number of nitrogens with zero attached hydrogens (tertiary/aromatic N) is 6. The monoisotopic (exact) mass is 438 g/mol. The van der Waals surface area contributed by atoms with Crippen LogP contribution in [-0.4, -0.2) is 56.7 Å². The Labute approximate surface area is 182 Å². The third-order valence-electron chi connectivity index (χ3n) is 5.16. The van der Waals surface area contributed by atoms with Gasteiger partial charge >= 0.3 is 0 Å². The number of anilines is 1.